The topological polar surface area (TPSA) is 78.5 Å². The van der Waals surface area contributed by atoms with Crippen LogP contribution >= 0.6 is 0 Å². The number of halogens is 3. The highest BCUT2D eigenvalue weighted by Crippen LogP contribution is 2.43. The van der Waals surface area contributed by atoms with Gasteiger partial charge in [0.05, 0.1) is 11.6 Å². The van der Waals surface area contributed by atoms with Gasteiger partial charge in [-0.2, -0.15) is 13.2 Å². The highest BCUT2D eigenvalue weighted by Gasteiger charge is 2.53. The molecule has 1 heterocycles. The molecule has 1 saturated carbocycles. The lowest BCUT2D eigenvalue weighted by Crippen LogP contribution is -2.51. The van der Waals surface area contributed by atoms with E-state index in [1.165, 1.54) is 12.1 Å². The Bertz CT molecular complexity index is 900. The minimum absolute atomic E-state index is 0.117. The van der Waals surface area contributed by atoms with Crippen molar-refractivity contribution in [3.05, 3.63) is 35.4 Å². The van der Waals surface area contributed by atoms with E-state index in [2.05, 4.69) is 31.4 Å². The fourth-order valence-corrected chi connectivity index (χ4v) is 4.63. The number of hydrogen-bond donors (Lipinski definition) is 2. The SMILES string of the molecule is CC(NC(=O)CN1C(=O)NC2(CCC(C(C)(C)C)CC2)C1=O)c1cccc(C(F)(F)F)c1. The first-order valence-electron chi connectivity index (χ1n) is 10.8. The lowest BCUT2D eigenvalue weighted by atomic mass is 9.67. The van der Waals surface area contributed by atoms with Gasteiger partial charge in [-0.1, -0.05) is 32.9 Å². The molecule has 2 fully saturated rings. The molecule has 9 heteroatoms. The van der Waals surface area contributed by atoms with Crippen LogP contribution in [-0.4, -0.2) is 34.8 Å². The number of amides is 4. The van der Waals surface area contributed by atoms with Crippen LogP contribution < -0.4 is 10.6 Å². The lowest BCUT2D eigenvalue weighted by Gasteiger charge is -2.40. The first kappa shape index (κ1) is 24.1. The van der Waals surface area contributed by atoms with E-state index < -0.39 is 47.7 Å². The lowest BCUT2D eigenvalue weighted by molar-refractivity contribution is -0.137. The number of carbonyl (C=O) groups is 3. The molecule has 3 rings (SSSR count). The Hall–Kier alpha value is -2.58. The van der Waals surface area contributed by atoms with E-state index in [-0.39, 0.29) is 11.0 Å². The molecule has 1 saturated heterocycles. The summed E-state index contributed by atoms with van der Waals surface area (Å²) in [6, 6.07) is 3.36. The highest BCUT2D eigenvalue weighted by molar-refractivity contribution is 6.09. The molecule has 32 heavy (non-hydrogen) atoms. The average molecular weight is 454 g/mol. The van der Waals surface area contributed by atoms with Gasteiger partial charge < -0.3 is 10.6 Å². The monoisotopic (exact) mass is 453 g/mol. The Morgan fingerprint density at radius 3 is 2.41 bits per heavy atom. The summed E-state index contributed by atoms with van der Waals surface area (Å²) in [5.74, 6) is -0.570. The Morgan fingerprint density at radius 1 is 1.22 bits per heavy atom. The normalized spacial score (nSPS) is 25.1. The Labute approximate surface area is 185 Å². The molecule has 1 aliphatic heterocycles. The van der Waals surface area contributed by atoms with Crippen molar-refractivity contribution in [2.75, 3.05) is 6.54 Å². The molecule has 1 aromatic rings. The molecule has 1 spiro atoms. The summed E-state index contributed by atoms with van der Waals surface area (Å²) in [6.07, 6.45) is -1.82. The van der Waals surface area contributed by atoms with Crippen LogP contribution in [0.2, 0.25) is 0 Å². The summed E-state index contributed by atoms with van der Waals surface area (Å²) in [5, 5.41) is 5.37. The molecular weight excluding hydrogens is 423 g/mol. The van der Waals surface area contributed by atoms with E-state index in [0.717, 1.165) is 29.9 Å². The zero-order valence-electron chi connectivity index (χ0n) is 18.8. The number of imide groups is 1. The molecule has 0 bridgehead atoms. The number of nitrogens with zero attached hydrogens (tertiary/aromatic N) is 1. The van der Waals surface area contributed by atoms with E-state index in [9.17, 15) is 27.6 Å². The number of rotatable bonds is 4. The summed E-state index contributed by atoms with van der Waals surface area (Å²) in [6.45, 7) is 7.56. The van der Waals surface area contributed by atoms with Gasteiger partial charge >= 0.3 is 12.2 Å². The molecule has 0 radical (unpaired) electrons. The zero-order valence-corrected chi connectivity index (χ0v) is 18.8. The number of alkyl halides is 3. The van der Waals surface area contributed by atoms with E-state index in [0.29, 0.717) is 18.8 Å². The van der Waals surface area contributed by atoms with Crippen molar-refractivity contribution in [3.8, 4) is 0 Å². The van der Waals surface area contributed by atoms with Gasteiger partial charge in [0.2, 0.25) is 5.91 Å². The number of benzene rings is 1. The Kier molecular flexibility index (Phi) is 6.32. The second-order valence-corrected chi connectivity index (χ2v) is 9.96. The third-order valence-electron chi connectivity index (χ3n) is 6.70. The maximum Gasteiger partial charge on any atom is 0.416 e. The van der Waals surface area contributed by atoms with Crippen LogP contribution in [0.25, 0.3) is 0 Å². The van der Waals surface area contributed by atoms with Crippen molar-refractivity contribution < 1.29 is 27.6 Å². The van der Waals surface area contributed by atoms with E-state index in [1.54, 1.807) is 6.92 Å². The fraction of sp³-hybridized carbons (Fsp3) is 0.609. The first-order chi connectivity index (χ1) is 14.7. The maximum atomic E-state index is 13.0. The quantitative estimate of drug-likeness (QED) is 0.663. The van der Waals surface area contributed by atoms with Crippen molar-refractivity contribution in [3.63, 3.8) is 0 Å². The maximum absolute atomic E-state index is 13.0. The molecule has 4 amide bonds. The van der Waals surface area contributed by atoms with Crippen molar-refractivity contribution in [1.82, 2.24) is 15.5 Å². The van der Waals surface area contributed by atoms with Gasteiger partial charge in [0.1, 0.15) is 12.1 Å². The van der Waals surface area contributed by atoms with Crippen molar-refractivity contribution in [2.24, 2.45) is 11.3 Å². The molecule has 0 aromatic heterocycles. The minimum Gasteiger partial charge on any atom is -0.348 e. The summed E-state index contributed by atoms with van der Waals surface area (Å²) in [7, 11) is 0. The summed E-state index contributed by atoms with van der Waals surface area (Å²) >= 11 is 0. The van der Waals surface area contributed by atoms with Crippen LogP contribution in [0.4, 0.5) is 18.0 Å². The Morgan fingerprint density at radius 2 is 1.84 bits per heavy atom. The van der Waals surface area contributed by atoms with Gasteiger partial charge in [0, 0.05) is 0 Å². The largest absolute Gasteiger partial charge is 0.416 e. The third-order valence-corrected chi connectivity index (χ3v) is 6.70. The molecular formula is C23H30F3N3O3. The van der Waals surface area contributed by atoms with Gasteiger partial charge in [-0.3, -0.25) is 14.5 Å². The molecule has 1 unspecified atom stereocenters. The minimum atomic E-state index is -4.49. The second-order valence-electron chi connectivity index (χ2n) is 9.96. The highest BCUT2D eigenvalue weighted by atomic mass is 19.4. The van der Waals surface area contributed by atoms with Crippen LogP contribution in [0.1, 0.15) is 70.5 Å². The van der Waals surface area contributed by atoms with E-state index >= 15 is 0 Å². The predicted octanol–water partition coefficient (Wildman–Crippen LogP) is 4.41. The summed E-state index contributed by atoms with van der Waals surface area (Å²) in [4.78, 5) is 38.9. The van der Waals surface area contributed by atoms with Gasteiger partial charge in [0.15, 0.2) is 0 Å². The van der Waals surface area contributed by atoms with Crippen LogP contribution in [0.3, 0.4) is 0 Å². The smallest absolute Gasteiger partial charge is 0.348 e. The number of nitrogens with one attached hydrogen (secondary N) is 2. The summed E-state index contributed by atoms with van der Waals surface area (Å²) in [5.41, 5.74) is -1.38. The molecule has 6 nitrogen and oxygen atoms in total. The van der Waals surface area contributed by atoms with Gasteiger partial charge in [-0.15, -0.1) is 0 Å². The predicted molar refractivity (Wildman–Crippen MR) is 112 cm³/mol. The van der Waals surface area contributed by atoms with E-state index in [4.69, 9.17) is 0 Å². The van der Waals surface area contributed by atoms with Crippen molar-refractivity contribution >= 4 is 17.8 Å². The Balaban J connectivity index is 1.62. The van der Waals surface area contributed by atoms with Gasteiger partial charge in [-0.05, 0) is 61.6 Å². The van der Waals surface area contributed by atoms with Crippen LogP contribution in [-0.2, 0) is 15.8 Å². The van der Waals surface area contributed by atoms with Crippen molar-refractivity contribution in [2.45, 2.75) is 71.1 Å². The molecule has 176 valence electrons. The number of carbonyl (C=O) groups excluding carboxylic acids is 3. The zero-order chi connectivity index (χ0) is 23.9. The van der Waals surface area contributed by atoms with Crippen LogP contribution in [0.5, 0.6) is 0 Å². The first-order valence-corrected chi connectivity index (χ1v) is 10.8. The molecule has 2 aliphatic rings. The molecule has 1 aromatic carbocycles. The van der Waals surface area contributed by atoms with Crippen LogP contribution in [0, 0.1) is 11.3 Å². The van der Waals surface area contributed by atoms with Crippen molar-refractivity contribution in [1.29, 1.82) is 0 Å². The number of urea groups is 1. The molecule has 2 N–H and O–H groups in total. The van der Waals surface area contributed by atoms with Crippen LogP contribution in [0.15, 0.2) is 24.3 Å². The standard InChI is InChI=1S/C23H30F3N3O3/c1-14(15-6-5-7-17(12-15)23(24,25)26)27-18(30)13-29-19(31)22(28-20(29)32)10-8-16(9-11-22)21(2,3)4/h5-7,12,14,16H,8-11,13H2,1-4H3,(H,27,30)(H,28,32). The van der Waals surface area contributed by atoms with Gasteiger partial charge in [0.25, 0.3) is 5.91 Å². The third kappa shape index (κ3) is 4.91. The fourth-order valence-electron chi connectivity index (χ4n) is 4.63. The molecule has 1 aliphatic carbocycles. The van der Waals surface area contributed by atoms with E-state index in [1.807, 2.05) is 0 Å². The second kappa shape index (κ2) is 8.41. The van der Waals surface area contributed by atoms with Gasteiger partial charge in [-0.25, -0.2) is 4.79 Å². The summed E-state index contributed by atoms with van der Waals surface area (Å²) < 4.78 is 38.8. The number of hydrogen-bond acceptors (Lipinski definition) is 3. The average Bonchev–Trinajstić information content (AvgIpc) is 2.91. The molecule has 1 atom stereocenters.